The van der Waals surface area contributed by atoms with Crippen molar-refractivity contribution in [1.29, 1.82) is 0 Å². The number of rotatable bonds is 0. The van der Waals surface area contributed by atoms with Crippen LogP contribution in [0.3, 0.4) is 0 Å². The zero-order chi connectivity index (χ0) is 11.9. The fraction of sp³-hybridized carbons (Fsp3) is 0.643. The van der Waals surface area contributed by atoms with Crippen LogP contribution in [0.5, 0.6) is 0 Å². The fourth-order valence-electron chi connectivity index (χ4n) is 3.10. The SMILES string of the molecule is C=C1C[C@@]2(C[C@@H](C)CCC2=C(C)C)OC1=O. The summed E-state index contributed by atoms with van der Waals surface area (Å²) in [5, 5.41) is 0. The molecule has 1 saturated carbocycles. The lowest BCUT2D eigenvalue weighted by Gasteiger charge is -2.38. The van der Waals surface area contributed by atoms with Crippen LogP contribution in [-0.4, -0.2) is 11.6 Å². The van der Waals surface area contributed by atoms with Crippen molar-refractivity contribution in [3.05, 3.63) is 23.3 Å². The zero-order valence-electron chi connectivity index (χ0n) is 10.4. The number of allylic oxidation sites excluding steroid dienone is 1. The number of hydrogen-bond donors (Lipinski definition) is 0. The maximum Gasteiger partial charge on any atom is 0.334 e. The monoisotopic (exact) mass is 220 g/mol. The van der Waals surface area contributed by atoms with Crippen molar-refractivity contribution in [2.24, 2.45) is 5.92 Å². The highest BCUT2D eigenvalue weighted by molar-refractivity contribution is 5.91. The highest BCUT2D eigenvalue weighted by atomic mass is 16.6. The molecule has 2 nitrogen and oxygen atoms in total. The molecule has 1 heterocycles. The second kappa shape index (κ2) is 3.76. The third-order valence-corrected chi connectivity index (χ3v) is 3.79. The smallest absolute Gasteiger partial charge is 0.334 e. The second-order valence-corrected chi connectivity index (χ2v) is 5.49. The summed E-state index contributed by atoms with van der Waals surface area (Å²) in [6.45, 7) is 10.3. The first-order chi connectivity index (χ1) is 7.44. The van der Waals surface area contributed by atoms with E-state index in [-0.39, 0.29) is 11.6 Å². The Kier molecular flexibility index (Phi) is 2.69. The molecule has 0 aromatic rings. The van der Waals surface area contributed by atoms with Crippen molar-refractivity contribution < 1.29 is 9.53 Å². The largest absolute Gasteiger partial charge is 0.451 e. The summed E-state index contributed by atoms with van der Waals surface area (Å²) in [6, 6.07) is 0. The maximum absolute atomic E-state index is 11.6. The summed E-state index contributed by atoms with van der Waals surface area (Å²) in [5.74, 6) is 0.426. The Hall–Kier alpha value is -1.05. The van der Waals surface area contributed by atoms with Crippen LogP contribution in [0.15, 0.2) is 23.3 Å². The summed E-state index contributed by atoms with van der Waals surface area (Å²) < 4.78 is 5.65. The summed E-state index contributed by atoms with van der Waals surface area (Å²) >= 11 is 0. The molecule has 88 valence electrons. The quantitative estimate of drug-likeness (QED) is 0.355. The van der Waals surface area contributed by atoms with Gasteiger partial charge in [0.05, 0.1) is 0 Å². The van der Waals surface area contributed by atoms with Gasteiger partial charge in [-0.2, -0.15) is 0 Å². The minimum Gasteiger partial charge on any atom is -0.451 e. The predicted molar refractivity (Wildman–Crippen MR) is 64.0 cm³/mol. The van der Waals surface area contributed by atoms with Crippen LogP contribution in [-0.2, 0) is 9.53 Å². The number of carbonyl (C=O) groups excluding carboxylic acids is 1. The lowest BCUT2D eigenvalue weighted by Crippen LogP contribution is -2.37. The van der Waals surface area contributed by atoms with Gasteiger partial charge in [0.15, 0.2) is 0 Å². The number of ether oxygens (including phenoxy) is 1. The van der Waals surface area contributed by atoms with E-state index in [0.29, 0.717) is 17.9 Å². The molecular weight excluding hydrogens is 200 g/mol. The normalized spacial score (nSPS) is 34.4. The zero-order valence-corrected chi connectivity index (χ0v) is 10.4. The van der Waals surface area contributed by atoms with Crippen molar-refractivity contribution in [2.45, 2.75) is 52.1 Å². The molecule has 0 bridgehead atoms. The van der Waals surface area contributed by atoms with Crippen molar-refractivity contribution in [1.82, 2.24) is 0 Å². The van der Waals surface area contributed by atoms with E-state index >= 15 is 0 Å². The molecule has 2 heteroatoms. The van der Waals surface area contributed by atoms with Crippen LogP contribution >= 0.6 is 0 Å². The van der Waals surface area contributed by atoms with Crippen LogP contribution < -0.4 is 0 Å². The first-order valence-corrected chi connectivity index (χ1v) is 6.02. The van der Waals surface area contributed by atoms with E-state index in [1.165, 1.54) is 17.6 Å². The van der Waals surface area contributed by atoms with Gasteiger partial charge in [-0.15, -0.1) is 0 Å². The van der Waals surface area contributed by atoms with E-state index in [0.717, 1.165) is 12.8 Å². The number of carbonyl (C=O) groups is 1. The standard InChI is InChI=1S/C14H20O2/c1-9(2)12-6-5-10(3)7-14(12)8-11(4)13(15)16-14/h10H,4-8H2,1-3H3/t10-,14+/m0/s1. The van der Waals surface area contributed by atoms with Crippen molar-refractivity contribution >= 4 is 5.97 Å². The van der Waals surface area contributed by atoms with Crippen molar-refractivity contribution in [2.75, 3.05) is 0 Å². The molecule has 0 radical (unpaired) electrons. The van der Waals surface area contributed by atoms with Gasteiger partial charge >= 0.3 is 5.97 Å². The van der Waals surface area contributed by atoms with Crippen LogP contribution in [0.2, 0.25) is 0 Å². The molecule has 1 saturated heterocycles. The van der Waals surface area contributed by atoms with Gasteiger partial charge in [-0.3, -0.25) is 0 Å². The predicted octanol–water partition coefficient (Wildman–Crippen LogP) is 3.38. The van der Waals surface area contributed by atoms with Crippen LogP contribution in [0, 0.1) is 5.92 Å². The minimum absolute atomic E-state index is 0.201. The van der Waals surface area contributed by atoms with Gasteiger partial charge in [0, 0.05) is 12.0 Å². The number of hydrogen-bond acceptors (Lipinski definition) is 2. The molecular formula is C14H20O2. The van der Waals surface area contributed by atoms with Gasteiger partial charge in [-0.05, 0) is 44.6 Å². The number of esters is 1. The van der Waals surface area contributed by atoms with Gasteiger partial charge < -0.3 is 4.74 Å². The van der Waals surface area contributed by atoms with E-state index in [1.54, 1.807) is 0 Å². The summed E-state index contributed by atoms with van der Waals surface area (Å²) in [5.41, 5.74) is 2.92. The van der Waals surface area contributed by atoms with E-state index in [4.69, 9.17) is 4.74 Å². The van der Waals surface area contributed by atoms with Gasteiger partial charge in [0.2, 0.25) is 0 Å². The molecule has 1 spiro atoms. The van der Waals surface area contributed by atoms with E-state index in [1.807, 2.05) is 0 Å². The Morgan fingerprint density at radius 2 is 2.19 bits per heavy atom. The Bertz CT molecular complexity index is 356. The summed E-state index contributed by atoms with van der Waals surface area (Å²) in [4.78, 5) is 11.6. The third kappa shape index (κ3) is 1.70. The van der Waals surface area contributed by atoms with Crippen LogP contribution in [0.1, 0.15) is 46.5 Å². The first kappa shape index (κ1) is 11.4. The van der Waals surface area contributed by atoms with Crippen LogP contribution in [0.4, 0.5) is 0 Å². The average molecular weight is 220 g/mol. The highest BCUT2D eigenvalue weighted by Gasteiger charge is 2.48. The lowest BCUT2D eigenvalue weighted by atomic mass is 9.72. The van der Waals surface area contributed by atoms with E-state index in [9.17, 15) is 4.79 Å². The Balaban J connectivity index is 2.39. The van der Waals surface area contributed by atoms with Gasteiger partial charge in [0.1, 0.15) is 5.60 Å². The van der Waals surface area contributed by atoms with Gasteiger partial charge in [-0.25, -0.2) is 4.79 Å². The maximum atomic E-state index is 11.6. The minimum atomic E-state index is -0.343. The molecule has 2 fully saturated rings. The van der Waals surface area contributed by atoms with Gasteiger partial charge in [-0.1, -0.05) is 19.1 Å². The van der Waals surface area contributed by atoms with E-state index in [2.05, 4.69) is 27.4 Å². The molecule has 2 aliphatic rings. The van der Waals surface area contributed by atoms with Crippen molar-refractivity contribution in [3.8, 4) is 0 Å². The summed E-state index contributed by atoms with van der Waals surface area (Å²) in [7, 11) is 0. The second-order valence-electron chi connectivity index (χ2n) is 5.49. The Labute approximate surface area is 97.4 Å². The molecule has 0 aromatic carbocycles. The Morgan fingerprint density at radius 3 is 2.69 bits per heavy atom. The molecule has 0 unspecified atom stereocenters. The first-order valence-electron chi connectivity index (χ1n) is 6.02. The molecule has 2 rings (SSSR count). The molecule has 1 aliphatic heterocycles. The molecule has 16 heavy (non-hydrogen) atoms. The van der Waals surface area contributed by atoms with E-state index < -0.39 is 0 Å². The Morgan fingerprint density at radius 1 is 1.50 bits per heavy atom. The van der Waals surface area contributed by atoms with Gasteiger partial charge in [0.25, 0.3) is 0 Å². The van der Waals surface area contributed by atoms with Crippen LogP contribution in [0.25, 0.3) is 0 Å². The topological polar surface area (TPSA) is 26.3 Å². The lowest BCUT2D eigenvalue weighted by molar-refractivity contribution is -0.145. The molecule has 0 aromatic heterocycles. The average Bonchev–Trinajstić information content (AvgIpc) is 2.41. The van der Waals surface area contributed by atoms with Crippen molar-refractivity contribution in [3.63, 3.8) is 0 Å². The summed E-state index contributed by atoms with van der Waals surface area (Å²) in [6.07, 6.45) is 3.91. The highest BCUT2D eigenvalue weighted by Crippen LogP contribution is 2.48. The molecule has 2 atom stereocenters. The fourth-order valence-corrected chi connectivity index (χ4v) is 3.10. The third-order valence-electron chi connectivity index (χ3n) is 3.79. The molecule has 0 amide bonds. The molecule has 1 aliphatic carbocycles. The molecule has 0 N–H and O–H groups in total.